The fourth-order valence-corrected chi connectivity index (χ4v) is 10.6. The largest absolute Gasteiger partial charge is 0.487 e. The number of anilines is 3. The average molecular weight is 1000 g/mol. The predicted molar refractivity (Wildman–Crippen MR) is 270 cm³/mol. The van der Waals surface area contributed by atoms with Crippen LogP contribution >= 0.6 is 23.2 Å². The number of nitrogens with one attached hydrogen (secondary N) is 3. The van der Waals surface area contributed by atoms with E-state index in [0.717, 1.165) is 77.0 Å². The molecule has 3 N–H and O–H groups in total. The molecule has 3 saturated heterocycles. The quantitative estimate of drug-likeness (QED) is 0.0882. The lowest BCUT2D eigenvalue weighted by atomic mass is 10.0. The number of carbonyl (C=O) groups excluding carboxylic acids is 5. The third kappa shape index (κ3) is 10.2. The second-order valence-electron chi connectivity index (χ2n) is 18.6. The summed E-state index contributed by atoms with van der Waals surface area (Å²) >= 11 is 13.3. The number of amides is 6. The Hall–Kier alpha value is -6.95. The van der Waals surface area contributed by atoms with Crippen LogP contribution in [-0.2, 0) is 40.4 Å². The summed E-state index contributed by atoms with van der Waals surface area (Å²) in [5.74, 6) is -0.207. The van der Waals surface area contributed by atoms with Gasteiger partial charge in [-0.1, -0.05) is 66.2 Å². The number of hydrogen-bond acceptors (Lipinski definition) is 12. The SMILES string of the molecule is C=C(COc1cc(NC(=O)NCc2ccc3c(c2)CN(C2CCC(=O)NC2=O)C3=O)ccc1Cl)C(=O)N1CCN(c2nc(OCC3CCCN3C)nc3c2CCN(c2cccc4cccc(Cl)c24)C3)CC1. The van der Waals surface area contributed by atoms with Crippen LogP contribution < -0.4 is 35.2 Å². The number of piperidine rings is 1. The van der Waals surface area contributed by atoms with E-state index in [1.807, 2.05) is 18.2 Å². The Morgan fingerprint density at radius 1 is 0.859 bits per heavy atom. The summed E-state index contributed by atoms with van der Waals surface area (Å²) in [5.41, 5.74) is 5.71. The Morgan fingerprint density at radius 2 is 1.68 bits per heavy atom. The first kappa shape index (κ1) is 47.7. The van der Waals surface area contributed by atoms with E-state index in [4.69, 9.17) is 42.6 Å². The van der Waals surface area contributed by atoms with Crippen LogP contribution in [0.3, 0.4) is 0 Å². The van der Waals surface area contributed by atoms with Crippen molar-refractivity contribution in [1.82, 2.24) is 35.3 Å². The van der Waals surface area contributed by atoms with Gasteiger partial charge in [-0.25, -0.2) is 4.79 Å². The van der Waals surface area contributed by atoms with Crippen molar-refractivity contribution in [3.63, 3.8) is 0 Å². The number of imide groups is 1. The van der Waals surface area contributed by atoms with Crippen LogP contribution in [0.1, 0.15) is 58.4 Å². The minimum atomic E-state index is -0.710. The van der Waals surface area contributed by atoms with Crippen LogP contribution in [0.25, 0.3) is 10.8 Å². The Labute approximate surface area is 421 Å². The molecule has 2 atom stereocenters. The van der Waals surface area contributed by atoms with E-state index in [1.54, 1.807) is 35.2 Å². The summed E-state index contributed by atoms with van der Waals surface area (Å²) in [6.45, 7) is 9.19. The Morgan fingerprint density at radius 3 is 2.46 bits per heavy atom. The first-order valence-electron chi connectivity index (χ1n) is 24.0. The number of halogens is 2. The van der Waals surface area contributed by atoms with Gasteiger partial charge >= 0.3 is 12.0 Å². The number of carbonyl (C=O) groups is 5. The molecule has 6 heterocycles. The molecule has 0 spiro atoms. The van der Waals surface area contributed by atoms with Crippen molar-refractivity contribution in [2.45, 2.75) is 63.8 Å². The van der Waals surface area contributed by atoms with Crippen molar-refractivity contribution >= 4 is 80.8 Å². The zero-order valence-corrected chi connectivity index (χ0v) is 40.9. The maximum Gasteiger partial charge on any atom is 0.319 e. The van der Waals surface area contributed by atoms with E-state index in [-0.39, 0.29) is 61.6 Å². The van der Waals surface area contributed by atoms with E-state index in [0.29, 0.717) is 72.7 Å². The number of urea groups is 1. The van der Waals surface area contributed by atoms with E-state index in [1.165, 1.54) is 4.90 Å². The fourth-order valence-electron chi connectivity index (χ4n) is 10.2. The van der Waals surface area contributed by atoms with Crippen molar-refractivity contribution < 1.29 is 33.4 Å². The molecule has 0 aliphatic carbocycles. The van der Waals surface area contributed by atoms with E-state index < -0.39 is 18.0 Å². The third-order valence-corrected chi connectivity index (χ3v) is 14.7. The number of benzene rings is 4. The maximum atomic E-state index is 13.8. The highest BCUT2D eigenvalue weighted by molar-refractivity contribution is 6.36. The summed E-state index contributed by atoms with van der Waals surface area (Å²) in [7, 11) is 2.12. The van der Waals surface area contributed by atoms with Gasteiger partial charge in [0.15, 0.2) is 0 Å². The van der Waals surface area contributed by atoms with Crippen molar-refractivity contribution in [2.24, 2.45) is 0 Å². The summed E-state index contributed by atoms with van der Waals surface area (Å²) in [6.07, 6.45) is 3.37. The standard InChI is InChI=1S/C52H54Cl2N10O7/c1-31(29-70-44-25-35(12-14-39(44)53)56-51(69)55-26-32-11-13-37-34(24-32)27-64(50(37)68)43-15-16-45(65)58-48(43)66)49(67)62-22-20-61(21-23-62)47-38-17-19-63(42-10-4-7-33-6-3-9-40(54)46(33)42)28-41(38)57-52(59-47)71-30-36-8-5-18-60(36)2/h3-4,6-7,9-14,24-25,36,43H,1,5,8,15-23,26-30H2,2H3,(H2,55,56,69)(H,58,65,66). The minimum Gasteiger partial charge on any atom is -0.487 e. The lowest BCUT2D eigenvalue weighted by molar-refractivity contribution is -0.137. The second-order valence-corrected chi connectivity index (χ2v) is 19.5. The molecule has 0 saturated carbocycles. The minimum absolute atomic E-state index is 0.120. The molecule has 0 bridgehead atoms. The number of ether oxygens (including phenoxy) is 2. The van der Waals surface area contributed by atoms with Crippen molar-refractivity contribution in [1.29, 1.82) is 0 Å². The number of fused-ring (bicyclic) bond motifs is 3. The number of hydrogen-bond donors (Lipinski definition) is 3. The number of likely N-dealkylation sites (tertiary alicyclic amines) is 1. The van der Waals surface area contributed by atoms with Crippen LogP contribution in [0.2, 0.25) is 10.0 Å². The first-order chi connectivity index (χ1) is 34.4. The highest BCUT2D eigenvalue weighted by Gasteiger charge is 2.39. The van der Waals surface area contributed by atoms with E-state index in [2.05, 4.69) is 68.5 Å². The molecule has 71 heavy (non-hydrogen) atoms. The monoisotopic (exact) mass is 1000 g/mol. The summed E-state index contributed by atoms with van der Waals surface area (Å²) < 4.78 is 12.4. The van der Waals surface area contributed by atoms with Gasteiger partial charge in [-0.3, -0.25) is 24.5 Å². The Kier molecular flexibility index (Phi) is 13.7. The molecule has 5 aliphatic rings. The van der Waals surface area contributed by atoms with Gasteiger partial charge in [0.05, 0.1) is 22.3 Å². The molecule has 1 aromatic heterocycles. The zero-order chi connectivity index (χ0) is 49.3. The Bertz CT molecular complexity index is 2960. The van der Waals surface area contributed by atoms with Crippen LogP contribution in [0.5, 0.6) is 11.8 Å². The normalized spacial score (nSPS) is 19.1. The van der Waals surface area contributed by atoms with Crippen LogP contribution in [0.15, 0.2) is 84.9 Å². The first-order valence-corrected chi connectivity index (χ1v) is 24.7. The smallest absolute Gasteiger partial charge is 0.319 e. The highest BCUT2D eigenvalue weighted by atomic mass is 35.5. The predicted octanol–water partition coefficient (Wildman–Crippen LogP) is 6.34. The molecule has 368 valence electrons. The topological polar surface area (TPSA) is 182 Å². The summed E-state index contributed by atoms with van der Waals surface area (Å²) in [6, 6.07) is 21.8. The molecule has 3 fully saturated rings. The third-order valence-electron chi connectivity index (χ3n) is 14.1. The van der Waals surface area contributed by atoms with Crippen molar-refractivity contribution in [3.8, 4) is 11.8 Å². The highest BCUT2D eigenvalue weighted by Crippen LogP contribution is 2.38. The molecule has 0 radical (unpaired) electrons. The summed E-state index contributed by atoms with van der Waals surface area (Å²) in [4.78, 5) is 84.1. The van der Waals surface area contributed by atoms with Crippen LogP contribution in [0.4, 0.5) is 22.0 Å². The molecule has 2 unspecified atom stereocenters. The average Bonchev–Trinajstić information content (AvgIpc) is 3.94. The number of nitrogens with zero attached hydrogens (tertiary/aromatic N) is 7. The van der Waals surface area contributed by atoms with Gasteiger partial charge in [0.1, 0.15) is 30.8 Å². The number of rotatable bonds is 13. The van der Waals surface area contributed by atoms with Crippen molar-refractivity contribution in [2.75, 3.05) is 74.6 Å². The second kappa shape index (κ2) is 20.4. The molecule has 19 heteroatoms. The van der Waals surface area contributed by atoms with Gasteiger partial charge in [0, 0.05) is 97.8 Å². The maximum absolute atomic E-state index is 13.8. The lowest BCUT2D eigenvalue weighted by Crippen LogP contribution is -2.52. The van der Waals surface area contributed by atoms with Crippen LogP contribution in [-0.4, -0.2) is 126 Å². The van der Waals surface area contributed by atoms with E-state index >= 15 is 0 Å². The number of piperazine rings is 1. The van der Waals surface area contributed by atoms with Crippen molar-refractivity contribution in [3.05, 3.63) is 123 Å². The van der Waals surface area contributed by atoms with Gasteiger partial charge in [-0.2, -0.15) is 9.97 Å². The molecule has 5 aliphatic heterocycles. The van der Waals surface area contributed by atoms with Gasteiger partial charge in [-0.05, 0) is 86.1 Å². The molecule has 10 rings (SSSR count). The van der Waals surface area contributed by atoms with Gasteiger partial charge in [-0.15, -0.1) is 0 Å². The molecule has 4 aromatic carbocycles. The molecule has 6 amide bonds. The zero-order valence-electron chi connectivity index (χ0n) is 39.3. The molecular weight excluding hydrogens is 948 g/mol. The van der Waals surface area contributed by atoms with Gasteiger partial charge < -0.3 is 44.6 Å². The molecule has 5 aromatic rings. The van der Waals surface area contributed by atoms with Gasteiger partial charge in [0.2, 0.25) is 11.8 Å². The van der Waals surface area contributed by atoms with E-state index in [9.17, 15) is 24.0 Å². The lowest BCUT2D eigenvalue weighted by Gasteiger charge is -2.38. The summed E-state index contributed by atoms with van der Waals surface area (Å²) in [5, 5.41) is 11.0. The van der Waals surface area contributed by atoms with Crippen LogP contribution in [0, 0.1) is 0 Å². The number of aromatic nitrogens is 2. The Balaban J connectivity index is 0.736. The number of likely N-dealkylation sites (N-methyl/N-ethyl adjacent to an activating group) is 1. The fraction of sp³-hybridized carbons (Fsp3) is 0.365. The molecule has 17 nitrogen and oxygen atoms in total. The molecular formula is C52H54Cl2N10O7. The van der Waals surface area contributed by atoms with Gasteiger partial charge in [0.25, 0.3) is 11.8 Å².